The molecular weight excluding hydrogens is 120 g/mol. The summed E-state index contributed by atoms with van der Waals surface area (Å²) < 4.78 is 0. The lowest BCUT2D eigenvalue weighted by atomic mass is 9.65. The smallest absolute Gasteiger partial charge is 0.0352 e. The summed E-state index contributed by atoms with van der Waals surface area (Å²) >= 11 is 0. The molecule has 0 heteroatoms. The Balaban J connectivity index is 1.97. The summed E-state index contributed by atoms with van der Waals surface area (Å²) in [5.41, 5.74) is 0. The second-order valence-corrected chi connectivity index (χ2v) is 4.29. The lowest BCUT2D eigenvalue weighted by molar-refractivity contribution is 0.0868. The molecule has 0 radical (unpaired) electrons. The first-order valence-corrected chi connectivity index (χ1v) is 4.83. The van der Waals surface area contributed by atoms with E-state index in [0.717, 1.165) is 23.7 Å². The Morgan fingerprint density at radius 2 is 2.00 bits per heavy atom. The number of hydrogen-bond acceptors (Lipinski definition) is 0. The van der Waals surface area contributed by atoms with Crippen molar-refractivity contribution in [3.63, 3.8) is 0 Å². The first-order chi connectivity index (χ1) is 4.83. The molecule has 2 aliphatic carbocycles. The topological polar surface area (TPSA) is 0 Å². The molecule has 0 spiro atoms. The molecule has 0 N–H and O–H groups in total. The molecule has 0 nitrogen and oxygen atoms in total. The van der Waals surface area contributed by atoms with Gasteiger partial charge in [-0.2, -0.15) is 0 Å². The van der Waals surface area contributed by atoms with E-state index in [9.17, 15) is 0 Å². The predicted molar refractivity (Wildman–Crippen MR) is 43.8 cm³/mol. The zero-order valence-electron chi connectivity index (χ0n) is 7.14. The molecule has 4 unspecified atom stereocenters. The molecule has 0 aliphatic heterocycles. The van der Waals surface area contributed by atoms with E-state index in [-0.39, 0.29) is 0 Å². The van der Waals surface area contributed by atoms with E-state index in [0.29, 0.717) is 0 Å². The van der Waals surface area contributed by atoms with Crippen molar-refractivity contribution in [2.75, 3.05) is 0 Å². The Morgan fingerprint density at radius 3 is 2.50 bits per heavy atom. The van der Waals surface area contributed by atoms with Crippen molar-refractivity contribution in [3.05, 3.63) is 0 Å². The third kappa shape index (κ3) is 0.741. The van der Waals surface area contributed by atoms with Crippen LogP contribution >= 0.6 is 0 Å². The quantitative estimate of drug-likeness (QED) is 0.522. The SMILES string of the molecule is CCC1CCC2C(C)CC12. The lowest BCUT2D eigenvalue weighted by Gasteiger charge is -2.40. The molecular formula is C10H18. The van der Waals surface area contributed by atoms with E-state index in [1.165, 1.54) is 12.8 Å². The summed E-state index contributed by atoms with van der Waals surface area (Å²) in [5.74, 6) is 4.48. The van der Waals surface area contributed by atoms with Gasteiger partial charge in [0.1, 0.15) is 0 Å². The van der Waals surface area contributed by atoms with Crippen molar-refractivity contribution in [1.29, 1.82) is 0 Å². The van der Waals surface area contributed by atoms with Crippen LogP contribution in [0.3, 0.4) is 0 Å². The van der Waals surface area contributed by atoms with Gasteiger partial charge in [-0.3, -0.25) is 0 Å². The van der Waals surface area contributed by atoms with E-state index >= 15 is 0 Å². The van der Waals surface area contributed by atoms with Gasteiger partial charge < -0.3 is 0 Å². The highest BCUT2D eigenvalue weighted by atomic mass is 14.5. The van der Waals surface area contributed by atoms with Crippen LogP contribution in [0, 0.1) is 23.7 Å². The summed E-state index contributed by atoms with van der Waals surface area (Å²) in [6.07, 6.45) is 6.07. The number of rotatable bonds is 1. The van der Waals surface area contributed by atoms with Crippen LogP contribution in [-0.4, -0.2) is 0 Å². The van der Waals surface area contributed by atoms with Gasteiger partial charge in [-0.15, -0.1) is 0 Å². The molecule has 0 amide bonds. The van der Waals surface area contributed by atoms with Gasteiger partial charge in [0, 0.05) is 0 Å². The number of hydrogen-bond donors (Lipinski definition) is 0. The largest absolute Gasteiger partial charge is 0.0651 e. The molecule has 2 saturated carbocycles. The van der Waals surface area contributed by atoms with Gasteiger partial charge in [0.25, 0.3) is 0 Å². The fourth-order valence-electron chi connectivity index (χ4n) is 3.17. The Kier molecular flexibility index (Phi) is 1.51. The van der Waals surface area contributed by atoms with Crippen LogP contribution in [0.4, 0.5) is 0 Å². The second-order valence-electron chi connectivity index (χ2n) is 4.29. The average Bonchev–Trinajstić information content (AvgIpc) is 2.25. The van der Waals surface area contributed by atoms with Crippen LogP contribution < -0.4 is 0 Å². The fourth-order valence-corrected chi connectivity index (χ4v) is 3.17. The zero-order chi connectivity index (χ0) is 7.14. The highest BCUT2D eigenvalue weighted by Gasteiger charge is 2.45. The van der Waals surface area contributed by atoms with Gasteiger partial charge in [0.05, 0.1) is 0 Å². The first-order valence-electron chi connectivity index (χ1n) is 4.83. The third-order valence-corrected chi connectivity index (χ3v) is 3.93. The Bertz CT molecular complexity index is 122. The van der Waals surface area contributed by atoms with E-state index in [1.54, 1.807) is 12.8 Å². The van der Waals surface area contributed by atoms with Crippen LogP contribution in [0.1, 0.15) is 39.5 Å². The van der Waals surface area contributed by atoms with Crippen LogP contribution in [0.25, 0.3) is 0 Å². The third-order valence-electron chi connectivity index (χ3n) is 3.93. The molecule has 4 atom stereocenters. The van der Waals surface area contributed by atoms with Crippen molar-refractivity contribution < 1.29 is 0 Å². The summed E-state index contributed by atoms with van der Waals surface area (Å²) in [5, 5.41) is 0. The Hall–Kier alpha value is 0. The fraction of sp³-hybridized carbons (Fsp3) is 1.00. The highest BCUT2D eigenvalue weighted by molar-refractivity contribution is 4.95. The monoisotopic (exact) mass is 138 g/mol. The van der Waals surface area contributed by atoms with E-state index in [1.807, 2.05) is 0 Å². The van der Waals surface area contributed by atoms with Gasteiger partial charge in [0.2, 0.25) is 0 Å². The minimum atomic E-state index is 1.07. The standard InChI is InChI=1S/C10H18/c1-3-8-4-5-9-7(2)6-10(8)9/h7-10H,3-6H2,1-2H3. The molecule has 0 heterocycles. The van der Waals surface area contributed by atoms with Crippen molar-refractivity contribution in [3.8, 4) is 0 Å². The van der Waals surface area contributed by atoms with Crippen LogP contribution in [0.5, 0.6) is 0 Å². The molecule has 0 aromatic carbocycles. The second kappa shape index (κ2) is 2.25. The predicted octanol–water partition coefficient (Wildman–Crippen LogP) is 3.08. The molecule has 0 bridgehead atoms. The minimum absolute atomic E-state index is 1.07. The van der Waals surface area contributed by atoms with Crippen molar-refractivity contribution >= 4 is 0 Å². The molecule has 0 aromatic heterocycles. The van der Waals surface area contributed by atoms with Crippen LogP contribution in [0.2, 0.25) is 0 Å². The van der Waals surface area contributed by atoms with E-state index in [4.69, 9.17) is 0 Å². The minimum Gasteiger partial charge on any atom is -0.0651 e. The molecule has 0 aromatic rings. The maximum Gasteiger partial charge on any atom is -0.0352 e. The molecule has 2 aliphatic rings. The maximum absolute atomic E-state index is 2.43. The summed E-state index contributed by atoms with van der Waals surface area (Å²) in [7, 11) is 0. The normalized spacial score (nSPS) is 52.2. The lowest BCUT2D eigenvalue weighted by Crippen LogP contribution is -2.33. The molecule has 2 fully saturated rings. The first kappa shape index (κ1) is 6.69. The van der Waals surface area contributed by atoms with Crippen molar-refractivity contribution in [1.82, 2.24) is 0 Å². The van der Waals surface area contributed by atoms with E-state index in [2.05, 4.69) is 13.8 Å². The van der Waals surface area contributed by atoms with Gasteiger partial charge >= 0.3 is 0 Å². The van der Waals surface area contributed by atoms with Crippen LogP contribution in [0.15, 0.2) is 0 Å². The zero-order valence-corrected chi connectivity index (χ0v) is 7.14. The summed E-state index contributed by atoms with van der Waals surface area (Å²) in [6.45, 7) is 4.79. The van der Waals surface area contributed by atoms with Gasteiger partial charge in [-0.05, 0) is 42.9 Å². The van der Waals surface area contributed by atoms with Crippen LogP contribution in [-0.2, 0) is 0 Å². The maximum atomic E-state index is 2.43. The van der Waals surface area contributed by atoms with E-state index < -0.39 is 0 Å². The summed E-state index contributed by atoms with van der Waals surface area (Å²) in [4.78, 5) is 0. The van der Waals surface area contributed by atoms with Crippen molar-refractivity contribution in [2.45, 2.75) is 39.5 Å². The van der Waals surface area contributed by atoms with Crippen molar-refractivity contribution in [2.24, 2.45) is 23.7 Å². The molecule has 10 heavy (non-hydrogen) atoms. The highest BCUT2D eigenvalue weighted by Crippen LogP contribution is 2.54. The summed E-state index contributed by atoms with van der Waals surface area (Å²) in [6, 6.07) is 0. The molecule has 2 rings (SSSR count). The molecule has 58 valence electrons. The Morgan fingerprint density at radius 1 is 1.20 bits per heavy atom. The molecule has 0 saturated heterocycles. The van der Waals surface area contributed by atoms with Gasteiger partial charge in [0.15, 0.2) is 0 Å². The Labute approximate surface area is 64.0 Å². The number of fused-ring (bicyclic) bond motifs is 1. The van der Waals surface area contributed by atoms with Gasteiger partial charge in [-0.1, -0.05) is 20.3 Å². The van der Waals surface area contributed by atoms with Gasteiger partial charge in [-0.25, -0.2) is 0 Å². The average molecular weight is 138 g/mol.